The fourth-order valence-electron chi connectivity index (χ4n) is 4.01. The number of carboxylic acid groups (broad SMARTS) is 1. The van der Waals surface area contributed by atoms with Crippen LogP contribution in [0.25, 0.3) is 0 Å². The highest BCUT2D eigenvalue weighted by Gasteiger charge is 2.28. The van der Waals surface area contributed by atoms with E-state index in [9.17, 15) is 9.90 Å². The summed E-state index contributed by atoms with van der Waals surface area (Å²) < 4.78 is 2.23. The lowest BCUT2D eigenvalue weighted by molar-refractivity contribution is -0.142. The van der Waals surface area contributed by atoms with Crippen molar-refractivity contribution in [2.45, 2.75) is 64.2 Å². The third kappa shape index (κ3) is 3.14. The van der Waals surface area contributed by atoms with Gasteiger partial charge in [0.25, 0.3) is 0 Å². The Morgan fingerprint density at radius 1 is 1.29 bits per heavy atom. The Hall–Kier alpha value is -1.32. The largest absolute Gasteiger partial charge is 0.481 e. The molecule has 1 fully saturated rings. The number of hydrogen-bond acceptors (Lipinski definition) is 2. The number of carbonyl (C=O) groups is 1. The molecule has 1 N–H and O–H groups in total. The zero-order valence-corrected chi connectivity index (χ0v) is 13.0. The molecule has 3 rings (SSSR count). The van der Waals surface area contributed by atoms with Crippen LogP contribution >= 0.6 is 0 Å². The molecule has 1 atom stereocenters. The first-order valence-electron chi connectivity index (χ1n) is 8.41. The molecule has 1 saturated carbocycles. The van der Waals surface area contributed by atoms with Gasteiger partial charge in [0.05, 0.1) is 11.6 Å². The second kappa shape index (κ2) is 6.20. The van der Waals surface area contributed by atoms with Crippen LogP contribution in [0.3, 0.4) is 0 Å². The molecule has 0 bridgehead atoms. The second-order valence-corrected chi connectivity index (χ2v) is 6.80. The van der Waals surface area contributed by atoms with Gasteiger partial charge in [-0.2, -0.15) is 0 Å². The lowest BCUT2D eigenvalue weighted by Crippen LogP contribution is -2.22. The van der Waals surface area contributed by atoms with Crippen molar-refractivity contribution in [1.82, 2.24) is 9.55 Å². The van der Waals surface area contributed by atoms with E-state index in [0.717, 1.165) is 36.7 Å². The van der Waals surface area contributed by atoms with Gasteiger partial charge in [0.2, 0.25) is 0 Å². The minimum atomic E-state index is -0.671. The number of hydrogen-bond donors (Lipinski definition) is 1. The van der Waals surface area contributed by atoms with E-state index in [-0.39, 0.29) is 5.92 Å². The van der Waals surface area contributed by atoms with Crippen LogP contribution in [0.2, 0.25) is 0 Å². The first-order valence-corrected chi connectivity index (χ1v) is 8.41. The van der Waals surface area contributed by atoms with E-state index in [0.29, 0.717) is 6.42 Å². The molecule has 0 amide bonds. The molecule has 0 aliphatic heterocycles. The highest BCUT2D eigenvalue weighted by atomic mass is 16.4. The third-order valence-electron chi connectivity index (χ3n) is 5.41. The van der Waals surface area contributed by atoms with Crippen molar-refractivity contribution in [3.8, 4) is 0 Å². The van der Waals surface area contributed by atoms with Gasteiger partial charge in [-0.05, 0) is 25.2 Å². The lowest BCUT2D eigenvalue weighted by atomic mass is 9.86. The number of carboxylic acids is 1. The molecular formula is C17H26N2O2. The van der Waals surface area contributed by atoms with Gasteiger partial charge in [-0.3, -0.25) is 4.79 Å². The van der Waals surface area contributed by atoms with Crippen LogP contribution in [0.4, 0.5) is 0 Å². The van der Waals surface area contributed by atoms with E-state index in [4.69, 9.17) is 4.98 Å². The summed E-state index contributed by atoms with van der Waals surface area (Å²) in [6.45, 7) is 0. The van der Waals surface area contributed by atoms with Gasteiger partial charge in [-0.1, -0.05) is 32.1 Å². The maximum absolute atomic E-state index is 11.2. The van der Waals surface area contributed by atoms with Gasteiger partial charge in [0.15, 0.2) is 0 Å². The van der Waals surface area contributed by atoms with Crippen LogP contribution in [-0.4, -0.2) is 20.6 Å². The summed E-state index contributed by atoms with van der Waals surface area (Å²) in [5, 5.41) is 9.18. The summed E-state index contributed by atoms with van der Waals surface area (Å²) in [4.78, 5) is 15.9. The number of rotatable bonds is 4. The van der Waals surface area contributed by atoms with Crippen molar-refractivity contribution < 1.29 is 9.90 Å². The first-order chi connectivity index (χ1) is 10.1. The lowest BCUT2D eigenvalue weighted by Gasteiger charge is -2.21. The summed E-state index contributed by atoms with van der Waals surface area (Å²) in [5.41, 5.74) is 2.31. The van der Waals surface area contributed by atoms with Crippen molar-refractivity contribution in [1.29, 1.82) is 0 Å². The van der Waals surface area contributed by atoms with E-state index in [1.54, 1.807) is 0 Å². The van der Waals surface area contributed by atoms with Crippen LogP contribution in [0.1, 0.15) is 62.2 Å². The summed E-state index contributed by atoms with van der Waals surface area (Å²) >= 11 is 0. The first kappa shape index (κ1) is 14.6. The van der Waals surface area contributed by atoms with Crippen molar-refractivity contribution in [2.75, 3.05) is 0 Å². The number of imidazole rings is 1. The molecule has 1 aromatic rings. The van der Waals surface area contributed by atoms with Crippen molar-refractivity contribution in [3.05, 3.63) is 17.2 Å². The quantitative estimate of drug-likeness (QED) is 0.927. The summed E-state index contributed by atoms with van der Waals surface area (Å²) in [7, 11) is 2.10. The van der Waals surface area contributed by atoms with E-state index in [2.05, 4.69) is 11.6 Å². The van der Waals surface area contributed by atoms with Gasteiger partial charge < -0.3 is 9.67 Å². The smallest absolute Gasteiger partial charge is 0.306 e. The van der Waals surface area contributed by atoms with Gasteiger partial charge in [0.1, 0.15) is 5.82 Å². The van der Waals surface area contributed by atoms with Gasteiger partial charge >= 0.3 is 5.97 Å². The molecule has 0 aromatic carbocycles. The van der Waals surface area contributed by atoms with Crippen LogP contribution in [0.5, 0.6) is 0 Å². The average Bonchev–Trinajstić information content (AvgIpc) is 2.82. The highest BCUT2D eigenvalue weighted by Crippen LogP contribution is 2.29. The fourth-order valence-corrected chi connectivity index (χ4v) is 4.01. The van der Waals surface area contributed by atoms with Gasteiger partial charge in [-0.15, -0.1) is 0 Å². The predicted octanol–water partition coefficient (Wildman–Crippen LogP) is 3.12. The third-order valence-corrected chi connectivity index (χ3v) is 5.41. The van der Waals surface area contributed by atoms with Crippen molar-refractivity contribution in [3.63, 3.8) is 0 Å². The maximum atomic E-state index is 11.2. The van der Waals surface area contributed by atoms with E-state index in [1.165, 1.54) is 44.2 Å². The number of aryl methyl sites for hydroxylation is 1. The van der Waals surface area contributed by atoms with Crippen LogP contribution in [-0.2, 0) is 31.1 Å². The number of aliphatic carboxylic acids is 1. The topological polar surface area (TPSA) is 55.1 Å². The Balaban J connectivity index is 1.65. The number of fused-ring (bicyclic) bond motifs is 1. The highest BCUT2D eigenvalue weighted by molar-refractivity contribution is 5.70. The predicted molar refractivity (Wildman–Crippen MR) is 81.3 cm³/mol. The zero-order chi connectivity index (χ0) is 14.8. The Labute approximate surface area is 126 Å². The molecule has 0 radical (unpaired) electrons. The molecule has 1 heterocycles. The average molecular weight is 290 g/mol. The van der Waals surface area contributed by atoms with E-state index in [1.807, 2.05) is 0 Å². The van der Waals surface area contributed by atoms with E-state index < -0.39 is 5.97 Å². The minimum absolute atomic E-state index is 0.237. The van der Waals surface area contributed by atoms with E-state index >= 15 is 0 Å². The molecule has 0 spiro atoms. The Kier molecular flexibility index (Phi) is 4.32. The normalized spacial score (nSPS) is 23.0. The van der Waals surface area contributed by atoms with Crippen LogP contribution in [0, 0.1) is 11.8 Å². The molecule has 4 nitrogen and oxygen atoms in total. The van der Waals surface area contributed by atoms with Gasteiger partial charge in [-0.25, -0.2) is 4.98 Å². The van der Waals surface area contributed by atoms with Crippen LogP contribution < -0.4 is 0 Å². The van der Waals surface area contributed by atoms with Crippen LogP contribution in [0.15, 0.2) is 0 Å². The SMILES string of the molecule is Cn1c(CCC2CCCCC2)nc2c1CCC(C(=O)O)C2. The molecule has 116 valence electrons. The summed E-state index contributed by atoms with van der Waals surface area (Å²) in [6, 6.07) is 0. The summed E-state index contributed by atoms with van der Waals surface area (Å²) in [6.07, 6.45) is 11.5. The fraction of sp³-hybridized carbons (Fsp3) is 0.765. The monoisotopic (exact) mass is 290 g/mol. The molecule has 0 saturated heterocycles. The maximum Gasteiger partial charge on any atom is 0.306 e. The second-order valence-electron chi connectivity index (χ2n) is 6.80. The Morgan fingerprint density at radius 3 is 2.76 bits per heavy atom. The number of aromatic nitrogens is 2. The molecule has 1 aromatic heterocycles. The molecule has 1 unspecified atom stereocenters. The molecule has 2 aliphatic carbocycles. The van der Waals surface area contributed by atoms with Gasteiger partial charge in [0, 0.05) is 25.6 Å². The minimum Gasteiger partial charge on any atom is -0.481 e. The van der Waals surface area contributed by atoms with Crippen molar-refractivity contribution >= 4 is 5.97 Å². The molecule has 2 aliphatic rings. The summed E-state index contributed by atoms with van der Waals surface area (Å²) in [5.74, 6) is 1.13. The molecule has 4 heteroatoms. The zero-order valence-electron chi connectivity index (χ0n) is 13.0. The standard InChI is InChI=1S/C17H26N2O2/c1-19-15-9-8-13(17(20)21)11-14(15)18-16(19)10-7-12-5-3-2-4-6-12/h12-13H,2-11H2,1H3,(H,20,21). The Morgan fingerprint density at radius 2 is 2.05 bits per heavy atom. The molecular weight excluding hydrogens is 264 g/mol. The Bertz CT molecular complexity index is 515. The number of nitrogens with zero attached hydrogens (tertiary/aromatic N) is 2. The van der Waals surface area contributed by atoms with Crippen molar-refractivity contribution in [2.24, 2.45) is 18.9 Å². The molecule has 21 heavy (non-hydrogen) atoms.